The fourth-order valence-electron chi connectivity index (χ4n) is 2.67. The molecule has 31 heavy (non-hydrogen) atoms. The molecule has 2 atom stereocenters. The zero-order chi connectivity index (χ0) is 22.6. The summed E-state index contributed by atoms with van der Waals surface area (Å²) >= 11 is 0. The van der Waals surface area contributed by atoms with Gasteiger partial charge in [0, 0.05) is 0 Å². The van der Waals surface area contributed by atoms with E-state index >= 15 is 0 Å². The third-order valence-electron chi connectivity index (χ3n) is 4.45. The number of hydrogen-bond donors (Lipinski definition) is 3. The Balaban J connectivity index is 1.88. The fourth-order valence-corrected chi connectivity index (χ4v) is 2.67. The number of hydrogen-bond acceptors (Lipinski definition) is 6. The van der Waals surface area contributed by atoms with Crippen LogP contribution in [0.1, 0.15) is 25.0 Å². The van der Waals surface area contributed by atoms with Crippen LogP contribution in [0.25, 0.3) is 0 Å². The largest absolute Gasteiger partial charge is 0.459 e. The molecule has 0 saturated heterocycles. The van der Waals surface area contributed by atoms with Crippen LogP contribution in [0, 0.1) is 5.92 Å². The molecule has 2 amide bonds. The summed E-state index contributed by atoms with van der Waals surface area (Å²) in [6, 6.07) is 16.0. The van der Waals surface area contributed by atoms with Crippen LogP contribution in [-0.2, 0) is 32.3 Å². The number of nitrogens with one attached hydrogen (secondary N) is 2. The topological polar surface area (TPSA) is 114 Å². The van der Waals surface area contributed by atoms with Gasteiger partial charge in [0.2, 0.25) is 5.91 Å². The minimum absolute atomic E-state index is 0.0207. The summed E-state index contributed by atoms with van der Waals surface area (Å²) in [5.74, 6) is -1.58. The van der Waals surface area contributed by atoms with Crippen molar-refractivity contribution in [1.29, 1.82) is 0 Å². The van der Waals surface area contributed by atoms with Crippen molar-refractivity contribution >= 4 is 18.0 Å². The summed E-state index contributed by atoms with van der Waals surface area (Å²) in [5.41, 5.74) is 1.60. The van der Waals surface area contributed by atoms with Crippen molar-refractivity contribution in [2.45, 2.75) is 39.1 Å². The molecule has 2 aromatic rings. The second-order valence-electron chi connectivity index (χ2n) is 7.26. The van der Waals surface area contributed by atoms with Gasteiger partial charge in [-0.2, -0.15) is 0 Å². The average Bonchev–Trinajstić information content (AvgIpc) is 2.79. The lowest BCUT2D eigenvalue weighted by Crippen LogP contribution is -2.54. The first kappa shape index (κ1) is 23.9. The Hall–Kier alpha value is -3.39. The molecular weight excluding hydrogens is 400 g/mol. The summed E-state index contributed by atoms with van der Waals surface area (Å²) in [6.07, 6.45) is -0.856. The van der Waals surface area contributed by atoms with Crippen LogP contribution in [0.2, 0.25) is 0 Å². The molecule has 0 spiro atoms. The van der Waals surface area contributed by atoms with E-state index in [1.165, 1.54) is 0 Å². The smallest absolute Gasteiger partial charge is 0.408 e. The van der Waals surface area contributed by atoms with Crippen LogP contribution in [0.4, 0.5) is 4.79 Å². The second-order valence-corrected chi connectivity index (χ2v) is 7.26. The zero-order valence-electron chi connectivity index (χ0n) is 17.6. The van der Waals surface area contributed by atoms with Crippen molar-refractivity contribution in [2.75, 3.05) is 6.61 Å². The number of carbonyl (C=O) groups excluding carboxylic acids is 3. The maximum Gasteiger partial charge on any atom is 0.408 e. The lowest BCUT2D eigenvalue weighted by atomic mass is 10.0. The number of amides is 2. The van der Waals surface area contributed by atoms with Crippen molar-refractivity contribution in [3.8, 4) is 0 Å². The summed E-state index contributed by atoms with van der Waals surface area (Å²) in [6.45, 7) is 2.95. The lowest BCUT2D eigenvalue weighted by molar-refractivity contribution is -0.150. The molecule has 0 aliphatic heterocycles. The van der Waals surface area contributed by atoms with E-state index in [-0.39, 0.29) is 19.1 Å². The van der Waals surface area contributed by atoms with Gasteiger partial charge < -0.3 is 25.2 Å². The van der Waals surface area contributed by atoms with Gasteiger partial charge in [0.25, 0.3) is 0 Å². The van der Waals surface area contributed by atoms with E-state index in [9.17, 15) is 19.5 Å². The molecule has 0 fully saturated rings. The van der Waals surface area contributed by atoms with Gasteiger partial charge in [-0.1, -0.05) is 74.5 Å². The van der Waals surface area contributed by atoms with Crippen LogP contribution in [0.15, 0.2) is 60.7 Å². The summed E-state index contributed by atoms with van der Waals surface area (Å²) in [7, 11) is 0. The Morgan fingerprint density at radius 2 is 1.35 bits per heavy atom. The number of esters is 1. The molecule has 2 aromatic carbocycles. The van der Waals surface area contributed by atoms with E-state index in [4.69, 9.17) is 9.47 Å². The number of ether oxygens (including phenoxy) is 2. The third-order valence-corrected chi connectivity index (χ3v) is 4.45. The highest BCUT2D eigenvalue weighted by molar-refractivity contribution is 5.89. The van der Waals surface area contributed by atoms with Gasteiger partial charge in [0.15, 0.2) is 0 Å². The lowest BCUT2D eigenvalue weighted by Gasteiger charge is -2.23. The molecule has 8 nitrogen and oxygen atoms in total. The predicted molar refractivity (Wildman–Crippen MR) is 114 cm³/mol. The van der Waals surface area contributed by atoms with E-state index in [1.54, 1.807) is 26.0 Å². The van der Waals surface area contributed by atoms with E-state index in [1.807, 2.05) is 48.5 Å². The molecule has 0 aliphatic rings. The standard InChI is InChI=1S/C23H28N2O6/c1-16(2)20(22(28)30-14-17-9-5-3-6-10-17)25-21(27)19(13-26)24-23(29)31-15-18-11-7-4-8-12-18/h3-12,16,19-20,26H,13-15H2,1-2H3,(H,24,29)(H,25,27)/t19-,20-/m1/s1. The van der Waals surface area contributed by atoms with E-state index < -0.39 is 36.7 Å². The van der Waals surface area contributed by atoms with Crippen molar-refractivity contribution in [3.63, 3.8) is 0 Å². The van der Waals surface area contributed by atoms with Crippen molar-refractivity contribution in [1.82, 2.24) is 10.6 Å². The van der Waals surface area contributed by atoms with Crippen molar-refractivity contribution < 1.29 is 29.0 Å². The summed E-state index contributed by atoms with van der Waals surface area (Å²) in [5, 5.41) is 14.4. The minimum Gasteiger partial charge on any atom is -0.459 e. The van der Waals surface area contributed by atoms with Crippen LogP contribution in [-0.4, -0.2) is 41.8 Å². The summed E-state index contributed by atoms with van der Waals surface area (Å²) in [4.78, 5) is 37.0. The molecule has 3 N–H and O–H groups in total. The number of benzene rings is 2. The quantitative estimate of drug-likeness (QED) is 0.500. The average molecular weight is 428 g/mol. The van der Waals surface area contributed by atoms with Crippen LogP contribution < -0.4 is 10.6 Å². The molecule has 0 aromatic heterocycles. The van der Waals surface area contributed by atoms with E-state index in [0.717, 1.165) is 11.1 Å². The van der Waals surface area contributed by atoms with Gasteiger partial charge in [0.05, 0.1) is 6.61 Å². The number of alkyl carbamates (subject to hydrolysis) is 1. The minimum atomic E-state index is -1.27. The van der Waals surface area contributed by atoms with Gasteiger partial charge in [-0.25, -0.2) is 9.59 Å². The van der Waals surface area contributed by atoms with Gasteiger partial charge in [-0.3, -0.25) is 4.79 Å². The maximum atomic E-state index is 12.5. The number of carbonyl (C=O) groups is 3. The first-order valence-corrected chi connectivity index (χ1v) is 9.99. The molecule has 2 rings (SSSR count). The van der Waals surface area contributed by atoms with Gasteiger partial charge in [-0.15, -0.1) is 0 Å². The van der Waals surface area contributed by atoms with Gasteiger partial charge in [0.1, 0.15) is 25.3 Å². The van der Waals surface area contributed by atoms with E-state index in [2.05, 4.69) is 10.6 Å². The van der Waals surface area contributed by atoms with Gasteiger partial charge >= 0.3 is 12.1 Å². The first-order chi connectivity index (χ1) is 14.9. The normalized spacial score (nSPS) is 12.5. The van der Waals surface area contributed by atoms with Crippen molar-refractivity contribution in [2.24, 2.45) is 5.92 Å². The molecule has 8 heteroatoms. The van der Waals surface area contributed by atoms with Crippen molar-refractivity contribution in [3.05, 3.63) is 71.8 Å². The zero-order valence-corrected chi connectivity index (χ0v) is 17.6. The van der Waals surface area contributed by atoms with E-state index in [0.29, 0.717) is 0 Å². The highest BCUT2D eigenvalue weighted by atomic mass is 16.5. The van der Waals surface area contributed by atoms with Crippen LogP contribution in [0.3, 0.4) is 0 Å². The monoisotopic (exact) mass is 428 g/mol. The molecule has 0 radical (unpaired) electrons. The molecular formula is C23H28N2O6. The predicted octanol–water partition coefficient (Wildman–Crippen LogP) is 2.16. The molecule has 0 aliphatic carbocycles. The maximum absolute atomic E-state index is 12.5. The Bertz CT molecular complexity index is 842. The fraction of sp³-hybridized carbons (Fsp3) is 0.348. The molecule has 166 valence electrons. The highest BCUT2D eigenvalue weighted by Crippen LogP contribution is 2.08. The molecule has 0 heterocycles. The third kappa shape index (κ3) is 8.10. The number of aliphatic hydroxyl groups excluding tert-OH is 1. The van der Waals surface area contributed by atoms with Gasteiger partial charge in [-0.05, 0) is 17.0 Å². The Morgan fingerprint density at radius 1 is 0.839 bits per heavy atom. The Morgan fingerprint density at radius 3 is 1.84 bits per heavy atom. The van der Waals surface area contributed by atoms with Crippen LogP contribution >= 0.6 is 0 Å². The summed E-state index contributed by atoms with van der Waals surface area (Å²) < 4.78 is 10.4. The molecule has 0 unspecified atom stereocenters. The highest BCUT2D eigenvalue weighted by Gasteiger charge is 2.29. The number of rotatable bonds is 10. The second kappa shape index (κ2) is 12.3. The number of aliphatic hydroxyl groups is 1. The molecule has 0 saturated carbocycles. The first-order valence-electron chi connectivity index (χ1n) is 9.99. The van der Waals surface area contributed by atoms with Crippen LogP contribution in [0.5, 0.6) is 0 Å². The Labute approximate surface area is 181 Å². The SMILES string of the molecule is CC(C)[C@@H](NC(=O)[C@@H](CO)NC(=O)OCc1ccccc1)C(=O)OCc1ccccc1. The Kier molecular flexibility index (Phi) is 9.51. The molecule has 0 bridgehead atoms.